The van der Waals surface area contributed by atoms with Crippen LogP contribution in [0, 0.1) is 5.82 Å². The van der Waals surface area contributed by atoms with E-state index in [0.29, 0.717) is 4.47 Å². The van der Waals surface area contributed by atoms with Crippen molar-refractivity contribution in [2.75, 3.05) is 5.32 Å². The fraction of sp³-hybridized carbons (Fsp3) is 0. The molecule has 0 spiro atoms. The molecule has 0 atom stereocenters. The Labute approximate surface area is 138 Å². The standard InChI is InChI=1S/C13H6BrCl3FNO/c14-8-4-6(18)5-10(16)12(8)19-13(20)7-2-1-3-9(15)11(7)17/h1-5H,(H,19,20). The Kier molecular flexibility index (Phi) is 4.91. The first-order chi connectivity index (χ1) is 9.40. The molecule has 1 amide bonds. The number of carbonyl (C=O) groups is 1. The molecular formula is C13H6BrCl3FNO. The van der Waals surface area contributed by atoms with Gasteiger partial charge in [0.15, 0.2) is 0 Å². The molecular weight excluding hydrogens is 391 g/mol. The Balaban J connectivity index is 2.36. The van der Waals surface area contributed by atoms with Crippen LogP contribution in [0.4, 0.5) is 10.1 Å². The first-order valence-electron chi connectivity index (χ1n) is 5.30. The van der Waals surface area contributed by atoms with Crippen LogP contribution in [0.25, 0.3) is 0 Å². The molecule has 7 heteroatoms. The third-order valence-electron chi connectivity index (χ3n) is 2.44. The molecule has 0 aliphatic heterocycles. The summed E-state index contributed by atoms with van der Waals surface area (Å²) in [6.07, 6.45) is 0. The summed E-state index contributed by atoms with van der Waals surface area (Å²) in [5.41, 5.74) is 0.459. The molecule has 0 radical (unpaired) electrons. The highest BCUT2D eigenvalue weighted by atomic mass is 79.9. The summed E-state index contributed by atoms with van der Waals surface area (Å²) in [4.78, 5) is 12.1. The van der Waals surface area contributed by atoms with Crippen LogP contribution in [0.3, 0.4) is 0 Å². The van der Waals surface area contributed by atoms with Gasteiger partial charge >= 0.3 is 0 Å². The van der Waals surface area contributed by atoms with Crippen LogP contribution in [0.15, 0.2) is 34.8 Å². The first-order valence-corrected chi connectivity index (χ1v) is 7.22. The second-order valence-corrected chi connectivity index (χ2v) is 5.85. The SMILES string of the molecule is O=C(Nc1c(Cl)cc(F)cc1Br)c1cccc(Cl)c1Cl. The molecule has 0 heterocycles. The number of anilines is 1. The predicted octanol–water partition coefficient (Wildman–Crippen LogP) is 5.80. The van der Waals surface area contributed by atoms with Gasteiger partial charge in [-0.2, -0.15) is 0 Å². The quantitative estimate of drug-likeness (QED) is 0.682. The molecule has 1 N–H and O–H groups in total. The Morgan fingerprint density at radius 2 is 1.85 bits per heavy atom. The van der Waals surface area contributed by atoms with Gasteiger partial charge < -0.3 is 5.32 Å². The number of amides is 1. The van der Waals surface area contributed by atoms with Gasteiger partial charge in [-0.25, -0.2) is 4.39 Å². The van der Waals surface area contributed by atoms with Crippen LogP contribution in [-0.4, -0.2) is 5.91 Å². The Morgan fingerprint density at radius 1 is 1.15 bits per heavy atom. The van der Waals surface area contributed by atoms with Crippen LogP contribution in [0.2, 0.25) is 15.1 Å². The maximum Gasteiger partial charge on any atom is 0.257 e. The van der Waals surface area contributed by atoms with Gasteiger partial charge in [0.05, 0.1) is 26.3 Å². The van der Waals surface area contributed by atoms with Crippen molar-refractivity contribution in [3.05, 3.63) is 61.3 Å². The topological polar surface area (TPSA) is 29.1 Å². The van der Waals surface area contributed by atoms with Crippen LogP contribution in [0.1, 0.15) is 10.4 Å². The summed E-state index contributed by atoms with van der Waals surface area (Å²) in [7, 11) is 0. The lowest BCUT2D eigenvalue weighted by Gasteiger charge is -2.11. The fourth-order valence-corrected chi connectivity index (χ4v) is 2.81. The lowest BCUT2D eigenvalue weighted by molar-refractivity contribution is 0.102. The van der Waals surface area contributed by atoms with E-state index in [-0.39, 0.29) is 26.3 Å². The summed E-state index contributed by atoms with van der Waals surface area (Å²) in [5, 5.41) is 3.04. The van der Waals surface area contributed by atoms with E-state index in [1.165, 1.54) is 12.1 Å². The van der Waals surface area contributed by atoms with Crippen LogP contribution >= 0.6 is 50.7 Å². The lowest BCUT2D eigenvalue weighted by atomic mass is 10.2. The average Bonchev–Trinajstić information content (AvgIpc) is 2.36. The van der Waals surface area contributed by atoms with Crippen LogP contribution in [0.5, 0.6) is 0 Å². The van der Waals surface area contributed by atoms with Gasteiger partial charge in [0.25, 0.3) is 5.91 Å². The van der Waals surface area contributed by atoms with Gasteiger partial charge in [-0.15, -0.1) is 0 Å². The van der Waals surface area contributed by atoms with Crippen molar-refractivity contribution in [1.82, 2.24) is 0 Å². The lowest BCUT2D eigenvalue weighted by Crippen LogP contribution is -2.13. The van der Waals surface area contributed by atoms with E-state index < -0.39 is 11.7 Å². The number of hydrogen-bond acceptors (Lipinski definition) is 1. The van der Waals surface area contributed by atoms with Crippen molar-refractivity contribution < 1.29 is 9.18 Å². The van der Waals surface area contributed by atoms with Crippen molar-refractivity contribution in [2.45, 2.75) is 0 Å². The zero-order valence-corrected chi connectivity index (χ0v) is 13.5. The van der Waals surface area contributed by atoms with E-state index in [4.69, 9.17) is 34.8 Å². The zero-order valence-electron chi connectivity index (χ0n) is 9.68. The summed E-state index contributed by atoms with van der Waals surface area (Å²) in [5.74, 6) is -1.01. The van der Waals surface area contributed by atoms with E-state index in [2.05, 4.69) is 21.2 Å². The van der Waals surface area contributed by atoms with E-state index in [1.807, 2.05) is 0 Å². The van der Waals surface area contributed by atoms with E-state index in [1.54, 1.807) is 12.1 Å². The molecule has 0 unspecified atom stereocenters. The van der Waals surface area contributed by atoms with Gasteiger partial charge in [0, 0.05) is 4.47 Å². The van der Waals surface area contributed by atoms with E-state index in [0.717, 1.165) is 6.07 Å². The van der Waals surface area contributed by atoms with Crippen molar-refractivity contribution in [2.24, 2.45) is 0 Å². The van der Waals surface area contributed by atoms with Crippen molar-refractivity contribution in [3.63, 3.8) is 0 Å². The van der Waals surface area contributed by atoms with Gasteiger partial charge in [-0.05, 0) is 40.2 Å². The number of hydrogen-bond donors (Lipinski definition) is 1. The molecule has 0 aliphatic rings. The largest absolute Gasteiger partial charge is 0.320 e. The Morgan fingerprint density at radius 3 is 2.50 bits per heavy atom. The minimum Gasteiger partial charge on any atom is -0.320 e. The molecule has 2 rings (SSSR count). The van der Waals surface area contributed by atoms with Crippen LogP contribution < -0.4 is 5.32 Å². The molecule has 0 aliphatic carbocycles. The molecule has 0 bridgehead atoms. The molecule has 2 nitrogen and oxygen atoms in total. The normalized spacial score (nSPS) is 10.4. The Bertz CT molecular complexity index is 670. The molecule has 104 valence electrons. The minimum absolute atomic E-state index is 0.0726. The highest BCUT2D eigenvalue weighted by Gasteiger charge is 2.16. The predicted molar refractivity (Wildman–Crippen MR) is 83.5 cm³/mol. The molecule has 0 saturated heterocycles. The van der Waals surface area contributed by atoms with Crippen molar-refractivity contribution in [1.29, 1.82) is 0 Å². The average molecular weight is 397 g/mol. The monoisotopic (exact) mass is 395 g/mol. The van der Waals surface area contributed by atoms with Gasteiger partial charge in [0.2, 0.25) is 0 Å². The maximum atomic E-state index is 13.1. The van der Waals surface area contributed by atoms with Crippen LogP contribution in [-0.2, 0) is 0 Å². The van der Waals surface area contributed by atoms with Crippen molar-refractivity contribution in [3.8, 4) is 0 Å². The third kappa shape index (κ3) is 3.26. The fourth-order valence-electron chi connectivity index (χ4n) is 1.52. The molecule has 0 fully saturated rings. The number of halogens is 5. The summed E-state index contributed by atoms with van der Waals surface area (Å²) < 4.78 is 13.4. The van der Waals surface area contributed by atoms with E-state index >= 15 is 0 Å². The Hall–Kier alpha value is -0.810. The highest BCUT2D eigenvalue weighted by molar-refractivity contribution is 9.10. The number of nitrogens with one attached hydrogen (secondary N) is 1. The van der Waals surface area contributed by atoms with Crippen molar-refractivity contribution >= 4 is 62.3 Å². The number of benzene rings is 2. The smallest absolute Gasteiger partial charge is 0.257 e. The van der Waals surface area contributed by atoms with Gasteiger partial charge in [-0.3, -0.25) is 4.79 Å². The summed E-state index contributed by atoms with van der Waals surface area (Å²) >= 11 is 20.8. The van der Waals surface area contributed by atoms with E-state index in [9.17, 15) is 9.18 Å². The summed E-state index contributed by atoms with van der Waals surface area (Å²) in [6.45, 7) is 0. The molecule has 0 saturated carbocycles. The zero-order chi connectivity index (χ0) is 14.9. The third-order valence-corrected chi connectivity index (χ3v) is 4.18. The van der Waals surface area contributed by atoms with Gasteiger partial charge in [0.1, 0.15) is 5.82 Å². The van der Waals surface area contributed by atoms with Gasteiger partial charge in [-0.1, -0.05) is 40.9 Å². The number of rotatable bonds is 2. The molecule has 2 aromatic carbocycles. The second-order valence-electron chi connectivity index (χ2n) is 3.80. The molecule has 20 heavy (non-hydrogen) atoms. The molecule has 0 aromatic heterocycles. The number of carbonyl (C=O) groups excluding carboxylic acids is 1. The molecule has 2 aromatic rings. The highest BCUT2D eigenvalue weighted by Crippen LogP contribution is 2.33. The maximum absolute atomic E-state index is 13.1. The minimum atomic E-state index is -0.513. The second kappa shape index (κ2) is 6.31. The summed E-state index contributed by atoms with van der Waals surface area (Å²) in [6, 6.07) is 6.99. The first kappa shape index (κ1) is 15.6.